The van der Waals surface area contributed by atoms with Gasteiger partial charge < -0.3 is 4.52 Å². The van der Waals surface area contributed by atoms with E-state index in [2.05, 4.69) is 9.68 Å². The summed E-state index contributed by atoms with van der Waals surface area (Å²) < 4.78 is 4.68. The zero-order chi connectivity index (χ0) is 10.7. The Balaban J connectivity index is 2.36. The van der Waals surface area contributed by atoms with Crippen molar-refractivity contribution in [3.05, 3.63) is 53.4 Å². The summed E-state index contributed by atoms with van der Waals surface area (Å²) in [4.78, 5) is 10.5. The van der Waals surface area contributed by atoms with Crippen molar-refractivity contribution >= 4 is 17.9 Å². The molecule has 2 rings (SSSR count). The fraction of sp³-hybridized carbons (Fsp3) is 0.0909. The number of halogens is 1. The monoisotopic (exact) mass is 220 g/mol. The molecule has 0 N–H and O–H groups in total. The van der Waals surface area contributed by atoms with Gasteiger partial charge >= 0.3 is 0 Å². The zero-order valence-electron chi connectivity index (χ0n) is 7.68. The average Bonchev–Trinajstić information content (AvgIpc) is 2.77. The predicted octanol–water partition coefficient (Wildman–Crippen LogP) is 2.46. The summed E-state index contributed by atoms with van der Waals surface area (Å²) in [5.41, 5.74) is 1.55. The van der Waals surface area contributed by atoms with Crippen LogP contribution >= 0.6 is 11.6 Å². The Labute approximate surface area is 91.6 Å². The van der Waals surface area contributed by atoms with E-state index in [1.54, 1.807) is 6.29 Å². The van der Waals surface area contributed by atoms with Crippen LogP contribution in [-0.2, 0) is 4.79 Å². The summed E-state index contributed by atoms with van der Waals surface area (Å²) in [6.07, 6.45) is 3.05. The number of nitrogens with zero attached hydrogens (tertiary/aromatic N) is 1. The van der Waals surface area contributed by atoms with E-state index in [1.807, 2.05) is 30.3 Å². The Morgan fingerprint density at radius 2 is 2.07 bits per heavy atom. The third-order valence-corrected chi connectivity index (χ3v) is 2.55. The van der Waals surface area contributed by atoms with Gasteiger partial charge in [-0.15, -0.1) is 11.6 Å². The summed E-state index contributed by atoms with van der Waals surface area (Å²) in [6.45, 7) is 0. The molecule has 2 aromatic rings. The molecule has 0 spiro atoms. The quantitative estimate of drug-likeness (QED) is 0.747. The Morgan fingerprint density at radius 1 is 1.33 bits per heavy atom. The van der Waals surface area contributed by atoms with E-state index in [1.165, 1.54) is 6.26 Å². The second kappa shape index (κ2) is 4.28. The van der Waals surface area contributed by atoms with E-state index in [0.29, 0.717) is 5.56 Å². The Kier molecular flexibility index (Phi) is 2.83. The van der Waals surface area contributed by atoms with Gasteiger partial charge in [0.25, 0.3) is 6.29 Å². The van der Waals surface area contributed by atoms with Crippen LogP contribution in [0.4, 0.5) is 0 Å². The lowest BCUT2D eigenvalue weighted by molar-refractivity contribution is 0.416. The molecule has 4 heteroatoms. The summed E-state index contributed by atoms with van der Waals surface area (Å²) in [5.74, 6) is 0. The Hall–Kier alpha value is -1.61. The molecule has 0 saturated carbocycles. The molecule has 15 heavy (non-hydrogen) atoms. The van der Waals surface area contributed by atoms with Gasteiger partial charge in [0.2, 0.25) is 0 Å². The van der Waals surface area contributed by atoms with Crippen LogP contribution in [0.1, 0.15) is 22.2 Å². The maximum atomic E-state index is 10.5. The summed E-state index contributed by atoms with van der Waals surface area (Å²) in [5, 5.41) is 3.06. The fourth-order valence-corrected chi connectivity index (χ4v) is 1.60. The van der Waals surface area contributed by atoms with Crippen LogP contribution in [0, 0.1) is 0 Å². The molecule has 1 unspecified atom stereocenters. The molecule has 1 atom stereocenters. The number of hydrogen-bond donors (Lipinski definition) is 0. The SMILES string of the molecule is O=[C]c1nocc1C(Cl)c1ccccc1. The smallest absolute Gasteiger partial charge is 0.257 e. The third-order valence-electron chi connectivity index (χ3n) is 2.06. The molecule has 0 aliphatic carbocycles. The number of benzene rings is 1. The second-order valence-corrected chi connectivity index (χ2v) is 3.43. The van der Waals surface area contributed by atoms with E-state index in [-0.39, 0.29) is 5.69 Å². The van der Waals surface area contributed by atoms with Crippen LogP contribution in [0.15, 0.2) is 41.1 Å². The zero-order valence-corrected chi connectivity index (χ0v) is 8.44. The van der Waals surface area contributed by atoms with E-state index in [9.17, 15) is 4.79 Å². The molecule has 1 radical (unpaired) electrons. The van der Waals surface area contributed by atoms with Gasteiger partial charge in [-0.2, -0.15) is 0 Å². The van der Waals surface area contributed by atoms with Crippen molar-refractivity contribution in [3.8, 4) is 0 Å². The lowest BCUT2D eigenvalue weighted by Gasteiger charge is -2.06. The molecule has 3 nitrogen and oxygen atoms in total. The van der Waals surface area contributed by atoms with E-state index in [0.717, 1.165) is 5.56 Å². The first kappa shape index (κ1) is 9.93. The van der Waals surface area contributed by atoms with Crippen LogP contribution in [0.25, 0.3) is 0 Å². The van der Waals surface area contributed by atoms with Crippen molar-refractivity contribution in [1.29, 1.82) is 0 Å². The van der Waals surface area contributed by atoms with Gasteiger partial charge in [-0.3, -0.25) is 4.79 Å². The number of alkyl halides is 1. The number of aromatic nitrogens is 1. The maximum absolute atomic E-state index is 10.5. The number of rotatable bonds is 3. The largest absolute Gasteiger partial charge is 0.364 e. The molecule has 0 aliphatic rings. The summed E-state index contributed by atoms with van der Waals surface area (Å²) in [6, 6.07) is 9.40. The lowest BCUT2D eigenvalue weighted by Crippen LogP contribution is -1.95. The van der Waals surface area contributed by atoms with Gasteiger partial charge in [0.05, 0.1) is 5.38 Å². The van der Waals surface area contributed by atoms with Crippen molar-refractivity contribution in [2.45, 2.75) is 5.38 Å². The highest BCUT2D eigenvalue weighted by atomic mass is 35.5. The molecular formula is C11H7ClNO2. The van der Waals surface area contributed by atoms with E-state index < -0.39 is 5.38 Å². The van der Waals surface area contributed by atoms with Crippen LogP contribution in [-0.4, -0.2) is 11.4 Å². The van der Waals surface area contributed by atoms with E-state index >= 15 is 0 Å². The van der Waals surface area contributed by atoms with Crippen LogP contribution < -0.4 is 0 Å². The Bertz CT molecular complexity index is 453. The summed E-state index contributed by atoms with van der Waals surface area (Å²) >= 11 is 6.18. The minimum absolute atomic E-state index is 0.124. The molecule has 1 aromatic heterocycles. The summed E-state index contributed by atoms with van der Waals surface area (Å²) in [7, 11) is 0. The van der Waals surface area contributed by atoms with Gasteiger partial charge in [-0.05, 0) is 5.56 Å². The predicted molar refractivity (Wildman–Crippen MR) is 55.4 cm³/mol. The first-order valence-corrected chi connectivity index (χ1v) is 4.78. The minimum Gasteiger partial charge on any atom is -0.364 e. The second-order valence-electron chi connectivity index (χ2n) is 2.99. The first-order valence-electron chi connectivity index (χ1n) is 4.34. The third kappa shape index (κ3) is 1.92. The van der Waals surface area contributed by atoms with E-state index in [4.69, 9.17) is 11.6 Å². The van der Waals surface area contributed by atoms with Crippen molar-refractivity contribution < 1.29 is 9.32 Å². The molecule has 0 fully saturated rings. The van der Waals surface area contributed by atoms with Crippen LogP contribution in [0.3, 0.4) is 0 Å². The number of hydrogen-bond acceptors (Lipinski definition) is 3. The van der Waals surface area contributed by atoms with Gasteiger partial charge in [0, 0.05) is 5.56 Å². The molecule has 75 valence electrons. The van der Waals surface area contributed by atoms with Crippen LogP contribution in [0.5, 0.6) is 0 Å². The van der Waals surface area contributed by atoms with Crippen molar-refractivity contribution in [3.63, 3.8) is 0 Å². The molecule has 0 saturated heterocycles. The maximum Gasteiger partial charge on any atom is 0.257 e. The molecule has 0 amide bonds. The fourth-order valence-electron chi connectivity index (χ4n) is 1.30. The van der Waals surface area contributed by atoms with Gasteiger partial charge in [0.15, 0.2) is 5.69 Å². The minimum atomic E-state index is -0.436. The van der Waals surface area contributed by atoms with Crippen molar-refractivity contribution in [1.82, 2.24) is 5.16 Å². The highest BCUT2D eigenvalue weighted by molar-refractivity contribution is 6.23. The van der Waals surface area contributed by atoms with Gasteiger partial charge in [0.1, 0.15) is 6.26 Å². The van der Waals surface area contributed by atoms with Crippen molar-refractivity contribution in [2.24, 2.45) is 0 Å². The molecular weight excluding hydrogens is 214 g/mol. The number of carbonyl (C=O) groups excluding carboxylic acids is 1. The van der Waals surface area contributed by atoms with Gasteiger partial charge in [-0.25, -0.2) is 0 Å². The van der Waals surface area contributed by atoms with Gasteiger partial charge in [-0.1, -0.05) is 35.5 Å². The van der Waals surface area contributed by atoms with Crippen molar-refractivity contribution in [2.75, 3.05) is 0 Å². The molecule has 0 bridgehead atoms. The lowest BCUT2D eigenvalue weighted by atomic mass is 10.1. The first-order chi connectivity index (χ1) is 7.33. The highest BCUT2D eigenvalue weighted by Gasteiger charge is 2.18. The topological polar surface area (TPSA) is 43.1 Å². The van der Waals surface area contributed by atoms with Crippen LogP contribution in [0.2, 0.25) is 0 Å². The standard InChI is InChI=1S/C11H7ClNO2/c12-11(8-4-2-1-3-5-8)9-7-15-13-10(9)6-14/h1-5,7,11H. The highest BCUT2D eigenvalue weighted by Crippen LogP contribution is 2.29. The molecule has 0 aliphatic heterocycles. The average molecular weight is 221 g/mol. The normalized spacial score (nSPS) is 12.3. The molecule has 1 aromatic carbocycles. The molecule has 1 heterocycles. The Morgan fingerprint density at radius 3 is 2.73 bits per heavy atom.